The summed E-state index contributed by atoms with van der Waals surface area (Å²) in [5.41, 5.74) is 3.22. The molecule has 0 N–H and O–H groups in total. The van der Waals surface area contributed by atoms with Gasteiger partial charge in [0, 0.05) is 18.9 Å². The largest absolute Gasteiger partial charge is 0.468 e. The first-order valence-corrected chi connectivity index (χ1v) is 10.2. The topological polar surface area (TPSA) is 36.9 Å². The van der Waals surface area contributed by atoms with E-state index in [2.05, 4.69) is 25.1 Å². The molecule has 3 unspecified atom stereocenters. The average molecular weight is 358 g/mol. The van der Waals surface area contributed by atoms with Crippen molar-refractivity contribution in [3.63, 3.8) is 0 Å². The van der Waals surface area contributed by atoms with Gasteiger partial charge in [0.25, 0.3) is 0 Å². The molecule has 0 amide bonds. The fourth-order valence-corrected chi connectivity index (χ4v) is 6.66. The Kier molecular flexibility index (Phi) is 4.07. The van der Waals surface area contributed by atoms with Crippen molar-refractivity contribution in [3.05, 3.63) is 29.3 Å². The maximum absolute atomic E-state index is 6.23. The Balaban J connectivity index is 1.42. The molecular weight excluding hydrogens is 328 g/mol. The summed E-state index contributed by atoms with van der Waals surface area (Å²) in [7, 11) is 1.66. The van der Waals surface area contributed by atoms with Gasteiger partial charge in [-0.1, -0.05) is 13.0 Å². The van der Waals surface area contributed by atoms with Gasteiger partial charge in [0.05, 0.1) is 13.2 Å². The molecule has 3 aliphatic carbocycles. The van der Waals surface area contributed by atoms with Crippen LogP contribution in [-0.4, -0.2) is 32.9 Å². The first-order valence-electron chi connectivity index (χ1n) is 10.2. The molecule has 26 heavy (non-hydrogen) atoms. The molecule has 142 valence electrons. The second-order valence-corrected chi connectivity index (χ2v) is 8.77. The van der Waals surface area contributed by atoms with Crippen LogP contribution in [0.5, 0.6) is 5.75 Å². The van der Waals surface area contributed by atoms with E-state index in [1.165, 1.54) is 31.2 Å². The molecule has 1 spiro atoms. The number of hydrogen-bond donors (Lipinski definition) is 0. The highest BCUT2D eigenvalue weighted by Crippen LogP contribution is 2.66. The van der Waals surface area contributed by atoms with Crippen LogP contribution in [0.15, 0.2) is 18.2 Å². The molecule has 3 fully saturated rings. The maximum Gasteiger partial charge on any atom is 0.188 e. The number of benzene rings is 1. The van der Waals surface area contributed by atoms with Crippen molar-refractivity contribution >= 4 is 0 Å². The van der Waals surface area contributed by atoms with Crippen LogP contribution in [0.1, 0.15) is 56.1 Å². The summed E-state index contributed by atoms with van der Waals surface area (Å²) in [6.07, 6.45) is 7.22. The minimum absolute atomic E-state index is 0.184. The van der Waals surface area contributed by atoms with Crippen LogP contribution in [-0.2, 0) is 20.6 Å². The molecule has 1 aromatic carbocycles. The smallest absolute Gasteiger partial charge is 0.188 e. The SMILES string of the molecule is COCOc1ccc2c(c1)CCC1C2CC[C@@]2(C)C1CCC21OCCO1. The molecule has 1 saturated heterocycles. The van der Waals surface area contributed by atoms with Crippen molar-refractivity contribution in [2.24, 2.45) is 17.3 Å². The van der Waals surface area contributed by atoms with Gasteiger partial charge in [-0.3, -0.25) is 0 Å². The summed E-state index contributed by atoms with van der Waals surface area (Å²) < 4.78 is 23.1. The van der Waals surface area contributed by atoms with Crippen LogP contribution in [0.3, 0.4) is 0 Å². The molecule has 4 heteroatoms. The molecule has 4 aliphatic rings. The predicted octanol–water partition coefficient (Wildman–Crippen LogP) is 4.27. The molecule has 5 rings (SSSR count). The molecule has 0 bridgehead atoms. The van der Waals surface area contributed by atoms with Gasteiger partial charge < -0.3 is 18.9 Å². The summed E-state index contributed by atoms with van der Waals surface area (Å²) in [6, 6.07) is 6.66. The third-order valence-corrected chi connectivity index (χ3v) is 7.84. The number of hydrogen-bond acceptors (Lipinski definition) is 4. The van der Waals surface area contributed by atoms with E-state index in [0.717, 1.165) is 43.6 Å². The number of fused-ring (bicyclic) bond motifs is 6. The first kappa shape index (κ1) is 17.0. The fourth-order valence-electron chi connectivity index (χ4n) is 6.66. The van der Waals surface area contributed by atoms with Gasteiger partial charge >= 0.3 is 0 Å². The number of methoxy groups -OCH3 is 1. The third kappa shape index (κ3) is 2.31. The first-order chi connectivity index (χ1) is 12.7. The minimum Gasteiger partial charge on any atom is -0.468 e. The summed E-state index contributed by atoms with van der Waals surface area (Å²) in [5, 5.41) is 0. The molecule has 1 aliphatic heterocycles. The van der Waals surface area contributed by atoms with E-state index in [9.17, 15) is 0 Å². The van der Waals surface area contributed by atoms with E-state index < -0.39 is 0 Å². The Hall–Kier alpha value is -1.10. The Bertz CT molecular complexity index is 681. The Morgan fingerprint density at radius 1 is 1.12 bits per heavy atom. The molecule has 4 nitrogen and oxygen atoms in total. The van der Waals surface area contributed by atoms with Gasteiger partial charge in [0.15, 0.2) is 12.6 Å². The van der Waals surface area contributed by atoms with Crippen molar-refractivity contribution in [3.8, 4) is 5.75 Å². The zero-order valence-corrected chi connectivity index (χ0v) is 16.0. The molecule has 0 aromatic heterocycles. The lowest BCUT2D eigenvalue weighted by molar-refractivity contribution is -0.237. The van der Waals surface area contributed by atoms with E-state index in [0.29, 0.717) is 12.7 Å². The third-order valence-electron chi connectivity index (χ3n) is 7.84. The average Bonchev–Trinajstić information content (AvgIpc) is 3.26. The second-order valence-electron chi connectivity index (χ2n) is 8.77. The van der Waals surface area contributed by atoms with E-state index in [4.69, 9.17) is 18.9 Å². The van der Waals surface area contributed by atoms with Crippen LogP contribution in [0, 0.1) is 17.3 Å². The van der Waals surface area contributed by atoms with Gasteiger partial charge in [-0.25, -0.2) is 0 Å². The van der Waals surface area contributed by atoms with Crippen LogP contribution in [0.4, 0.5) is 0 Å². The molecule has 2 saturated carbocycles. The van der Waals surface area contributed by atoms with Gasteiger partial charge in [-0.15, -0.1) is 0 Å². The number of rotatable bonds is 3. The lowest BCUT2D eigenvalue weighted by Crippen LogP contribution is -2.51. The lowest BCUT2D eigenvalue weighted by atomic mass is 9.55. The van der Waals surface area contributed by atoms with Gasteiger partial charge in [-0.05, 0) is 73.1 Å². The number of ether oxygens (including phenoxy) is 4. The Labute approximate surface area is 156 Å². The monoisotopic (exact) mass is 358 g/mol. The molecular formula is C22H30O4. The molecule has 0 radical (unpaired) electrons. The summed E-state index contributed by atoms with van der Waals surface area (Å²) >= 11 is 0. The van der Waals surface area contributed by atoms with E-state index in [1.807, 2.05) is 0 Å². The number of aryl methyl sites for hydroxylation is 1. The van der Waals surface area contributed by atoms with Crippen molar-refractivity contribution in [2.45, 2.75) is 57.2 Å². The molecule has 1 heterocycles. The van der Waals surface area contributed by atoms with Crippen LogP contribution < -0.4 is 4.74 Å². The Morgan fingerprint density at radius 2 is 1.96 bits per heavy atom. The lowest BCUT2D eigenvalue weighted by Gasteiger charge is -2.52. The minimum atomic E-state index is -0.291. The van der Waals surface area contributed by atoms with Crippen LogP contribution >= 0.6 is 0 Å². The van der Waals surface area contributed by atoms with E-state index >= 15 is 0 Å². The predicted molar refractivity (Wildman–Crippen MR) is 98.2 cm³/mol. The quantitative estimate of drug-likeness (QED) is 0.756. The van der Waals surface area contributed by atoms with Crippen molar-refractivity contribution in [1.29, 1.82) is 0 Å². The standard InChI is InChI=1S/C22H30O4/c1-21-9-7-18-17-6-4-16(24-14-23-2)13-15(17)3-5-19(18)20(21)8-10-22(21)25-11-12-26-22/h4,6,13,18-20H,3,5,7-12,14H2,1-2H3/t18?,19?,20?,21-/m0/s1. The molecule has 1 aromatic rings. The normalized spacial score (nSPS) is 37.2. The van der Waals surface area contributed by atoms with Gasteiger partial charge in [0.2, 0.25) is 0 Å². The van der Waals surface area contributed by atoms with Crippen molar-refractivity contribution in [2.75, 3.05) is 27.1 Å². The zero-order valence-electron chi connectivity index (χ0n) is 16.0. The highest BCUT2D eigenvalue weighted by atomic mass is 16.7. The van der Waals surface area contributed by atoms with Crippen molar-refractivity contribution in [1.82, 2.24) is 0 Å². The highest BCUT2D eigenvalue weighted by Gasteiger charge is 2.64. The van der Waals surface area contributed by atoms with Crippen LogP contribution in [0.25, 0.3) is 0 Å². The highest BCUT2D eigenvalue weighted by molar-refractivity contribution is 5.40. The van der Waals surface area contributed by atoms with Crippen molar-refractivity contribution < 1.29 is 18.9 Å². The summed E-state index contributed by atoms with van der Waals surface area (Å²) in [5.74, 6) is 2.80. The van der Waals surface area contributed by atoms with Crippen LogP contribution in [0.2, 0.25) is 0 Å². The summed E-state index contributed by atoms with van der Waals surface area (Å²) in [6.45, 7) is 4.30. The van der Waals surface area contributed by atoms with Gasteiger partial charge in [-0.2, -0.15) is 0 Å². The zero-order chi connectivity index (χ0) is 17.8. The fraction of sp³-hybridized carbons (Fsp3) is 0.727. The van der Waals surface area contributed by atoms with Gasteiger partial charge in [0.1, 0.15) is 5.75 Å². The van der Waals surface area contributed by atoms with E-state index in [1.54, 1.807) is 12.7 Å². The second kappa shape index (κ2) is 6.22. The Morgan fingerprint density at radius 3 is 2.77 bits per heavy atom. The van der Waals surface area contributed by atoms with E-state index in [-0.39, 0.29) is 11.2 Å². The maximum atomic E-state index is 6.23. The summed E-state index contributed by atoms with van der Waals surface area (Å²) in [4.78, 5) is 0. The molecule has 4 atom stereocenters.